The highest BCUT2D eigenvalue weighted by Crippen LogP contribution is 2.26. The Hall–Kier alpha value is -2.49. The molecule has 19 heavy (non-hydrogen) atoms. The summed E-state index contributed by atoms with van der Waals surface area (Å²) in [4.78, 5) is 8.42. The molecule has 3 aromatic rings. The van der Waals surface area contributed by atoms with E-state index in [9.17, 15) is 4.39 Å². The number of hydrogen-bond donors (Lipinski definition) is 1. The fraction of sp³-hybridized carbons (Fsp3) is 0.0667. The number of rotatable bonds is 2. The van der Waals surface area contributed by atoms with Crippen molar-refractivity contribution in [1.29, 1.82) is 0 Å². The van der Waals surface area contributed by atoms with E-state index in [2.05, 4.69) is 15.3 Å². The second-order valence-electron chi connectivity index (χ2n) is 4.21. The van der Waals surface area contributed by atoms with E-state index in [1.165, 1.54) is 18.5 Å². The number of fused-ring (bicyclic) bond motifs is 1. The largest absolute Gasteiger partial charge is 0.373 e. The van der Waals surface area contributed by atoms with E-state index in [4.69, 9.17) is 0 Å². The number of anilines is 1. The smallest absolute Gasteiger partial charge is 0.137 e. The van der Waals surface area contributed by atoms with Crippen LogP contribution in [0.5, 0.6) is 0 Å². The van der Waals surface area contributed by atoms with E-state index in [0.717, 1.165) is 27.8 Å². The van der Waals surface area contributed by atoms with Crippen LogP contribution in [0.25, 0.3) is 22.0 Å². The SMILES string of the molecule is CNc1ncnc2ccc(-c3ccc(F)cc3)cc12. The molecule has 0 saturated heterocycles. The van der Waals surface area contributed by atoms with Gasteiger partial charge in [-0.1, -0.05) is 18.2 Å². The van der Waals surface area contributed by atoms with Gasteiger partial charge in [0, 0.05) is 12.4 Å². The molecule has 1 aromatic heterocycles. The highest BCUT2D eigenvalue weighted by Gasteiger charge is 2.05. The molecule has 3 rings (SSSR count). The molecular weight excluding hydrogens is 241 g/mol. The van der Waals surface area contributed by atoms with E-state index in [-0.39, 0.29) is 5.82 Å². The van der Waals surface area contributed by atoms with E-state index in [1.807, 2.05) is 25.2 Å². The molecule has 0 spiro atoms. The summed E-state index contributed by atoms with van der Waals surface area (Å²) in [5.74, 6) is 0.553. The Bertz CT molecular complexity index is 723. The standard InChI is InChI=1S/C15H12FN3/c1-17-15-13-8-11(4-7-14(13)18-9-19-15)10-2-5-12(16)6-3-10/h2-9H,1H3,(H,17,18,19). The Kier molecular flexibility index (Phi) is 2.83. The van der Waals surface area contributed by atoms with Gasteiger partial charge in [-0.3, -0.25) is 0 Å². The van der Waals surface area contributed by atoms with Crippen LogP contribution < -0.4 is 5.32 Å². The zero-order chi connectivity index (χ0) is 13.2. The van der Waals surface area contributed by atoms with Gasteiger partial charge < -0.3 is 5.32 Å². The number of halogens is 1. The van der Waals surface area contributed by atoms with Crippen LogP contribution in [0.4, 0.5) is 10.2 Å². The van der Waals surface area contributed by atoms with Crippen molar-refractivity contribution in [3.8, 4) is 11.1 Å². The summed E-state index contributed by atoms with van der Waals surface area (Å²) in [5, 5.41) is 4.00. The Morgan fingerprint density at radius 2 is 1.68 bits per heavy atom. The van der Waals surface area contributed by atoms with Gasteiger partial charge in [-0.05, 0) is 35.4 Å². The van der Waals surface area contributed by atoms with Gasteiger partial charge in [0.05, 0.1) is 5.52 Å². The Morgan fingerprint density at radius 3 is 2.42 bits per heavy atom. The minimum Gasteiger partial charge on any atom is -0.373 e. The molecule has 4 heteroatoms. The quantitative estimate of drug-likeness (QED) is 0.759. The Morgan fingerprint density at radius 1 is 0.947 bits per heavy atom. The predicted molar refractivity (Wildman–Crippen MR) is 74.5 cm³/mol. The monoisotopic (exact) mass is 253 g/mol. The highest BCUT2D eigenvalue weighted by molar-refractivity contribution is 5.92. The lowest BCUT2D eigenvalue weighted by Gasteiger charge is -2.07. The van der Waals surface area contributed by atoms with Gasteiger partial charge >= 0.3 is 0 Å². The van der Waals surface area contributed by atoms with Gasteiger partial charge in [-0.2, -0.15) is 0 Å². The predicted octanol–water partition coefficient (Wildman–Crippen LogP) is 3.48. The summed E-state index contributed by atoms with van der Waals surface area (Å²) in [6, 6.07) is 12.4. The van der Waals surface area contributed by atoms with Crippen LogP contribution in [0.2, 0.25) is 0 Å². The zero-order valence-electron chi connectivity index (χ0n) is 10.4. The molecule has 0 fully saturated rings. The normalized spacial score (nSPS) is 10.6. The van der Waals surface area contributed by atoms with Crippen LogP contribution in [0.15, 0.2) is 48.8 Å². The van der Waals surface area contributed by atoms with E-state index < -0.39 is 0 Å². The average molecular weight is 253 g/mol. The second kappa shape index (κ2) is 4.65. The average Bonchev–Trinajstić information content (AvgIpc) is 2.47. The van der Waals surface area contributed by atoms with E-state index in [1.54, 1.807) is 12.1 Å². The van der Waals surface area contributed by atoms with Crippen molar-refractivity contribution in [3.05, 3.63) is 54.6 Å². The number of nitrogens with zero attached hydrogens (tertiary/aromatic N) is 2. The maximum Gasteiger partial charge on any atom is 0.137 e. The fourth-order valence-electron chi connectivity index (χ4n) is 2.08. The van der Waals surface area contributed by atoms with Crippen molar-refractivity contribution in [2.45, 2.75) is 0 Å². The van der Waals surface area contributed by atoms with Crippen molar-refractivity contribution in [2.24, 2.45) is 0 Å². The molecule has 3 nitrogen and oxygen atoms in total. The van der Waals surface area contributed by atoms with Crippen LogP contribution in [-0.4, -0.2) is 17.0 Å². The van der Waals surface area contributed by atoms with Crippen LogP contribution in [0, 0.1) is 5.82 Å². The van der Waals surface area contributed by atoms with Gasteiger partial charge in [-0.25, -0.2) is 14.4 Å². The molecule has 0 bridgehead atoms. The number of benzene rings is 2. The highest BCUT2D eigenvalue weighted by atomic mass is 19.1. The van der Waals surface area contributed by atoms with Crippen molar-refractivity contribution >= 4 is 16.7 Å². The Labute approximate surface area is 110 Å². The summed E-state index contributed by atoms with van der Waals surface area (Å²) in [6.07, 6.45) is 1.53. The van der Waals surface area contributed by atoms with Gasteiger partial charge in [0.1, 0.15) is 18.0 Å². The molecule has 1 heterocycles. The second-order valence-corrected chi connectivity index (χ2v) is 4.21. The molecule has 0 radical (unpaired) electrons. The molecule has 0 aliphatic rings. The van der Waals surface area contributed by atoms with Gasteiger partial charge in [-0.15, -0.1) is 0 Å². The zero-order valence-corrected chi connectivity index (χ0v) is 10.4. The first-order valence-corrected chi connectivity index (χ1v) is 5.96. The third-order valence-corrected chi connectivity index (χ3v) is 3.05. The van der Waals surface area contributed by atoms with Gasteiger partial charge in [0.15, 0.2) is 0 Å². The Balaban J connectivity index is 2.18. The van der Waals surface area contributed by atoms with E-state index >= 15 is 0 Å². The van der Waals surface area contributed by atoms with Crippen molar-refractivity contribution in [2.75, 3.05) is 12.4 Å². The molecule has 0 atom stereocenters. The van der Waals surface area contributed by atoms with Gasteiger partial charge in [0.25, 0.3) is 0 Å². The third kappa shape index (κ3) is 2.12. The van der Waals surface area contributed by atoms with Gasteiger partial charge in [0.2, 0.25) is 0 Å². The molecule has 94 valence electrons. The molecule has 1 N–H and O–H groups in total. The maximum absolute atomic E-state index is 12.9. The first kappa shape index (κ1) is 11.6. The fourth-order valence-corrected chi connectivity index (χ4v) is 2.08. The molecular formula is C15H12FN3. The van der Waals surface area contributed by atoms with Crippen LogP contribution in [-0.2, 0) is 0 Å². The van der Waals surface area contributed by atoms with E-state index in [0.29, 0.717) is 0 Å². The third-order valence-electron chi connectivity index (χ3n) is 3.05. The molecule has 0 saturated carbocycles. The summed E-state index contributed by atoms with van der Waals surface area (Å²) in [6.45, 7) is 0. The minimum atomic E-state index is -0.233. The number of aromatic nitrogens is 2. The lowest BCUT2D eigenvalue weighted by molar-refractivity contribution is 0.628. The van der Waals surface area contributed by atoms with Crippen LogP contribution >= 0.6 is 0 Å². The first-order chi connectivity index (χ1) is 9.28. The van der Waals surface area contributed by atoms with Crippen LogP contribution in [0.3, 0.4) is 0 Å². The summed E-state index contributed by atoms with van der Waals surface area (Å²) >= 11 is 0. The molecule has 2 aromatic carbocycles. The minimum absolute atomic E-state index is 0.233. The molecule has 0 aliphatic heterocycles. The summed E-state index contributed by atoms with van der Waals surface area (Å²) in [5.41, 5.74) is 2.86. The number of hydrogen-bond acceptors (Lipinski definition) is 3. The van der Waals surface area contributed by atoms with Crippen molar-refractivity contribution in [3.63, 3.8) is 0 Å². The lowest BCUT2D eigenvalue weighted by atomic mass is 10.0. The molecule has 0 unspecified atom stereocenters. The van der Waals surface area contributed by atoms with Crippen molar-refractivity contribution < 1.29 is 4.39 Å². The lowest BCUT2D eigenvalue weighted by Crippen LogP contribution is -1.94. The molecule has 0 aliphatic carbocycles. The molecule has 0 amide bonds. The topological polar surface area (TPSA) is 37.8 Å². The number of nitrogens with one attached hydrogen (secondary N) is 1. The van der Waals surface area contributed by atoms with Crippen molar-refractivity contribution in [1.82, 2.24) is 9.97 Å². The summed E-state index contributed by atoms with van der Waals surface area (Å²) < 4.78 is 12.9. The maximum atomic E-state index is 12.9. The first-order valence-electron chi connectivity index (χ1n) is 5.96. The van der Waals surface area contributed by atoms with Crippen LogP contribution in [0.1, 0.15) is 0 Å². The summed E-state index contributed by atoms with van der Waals surface area (Å²) in [7, 11) is 1.83.